The number of nitrogens with one attached hydrogen (secondary N) is 2. The fraction of sp³-hybridized carbons (Fsp3) is 0.318. The third kappa shape index (κ3) is 6.10. The van der Waals surface area contributed by atoms with Crippen molar-refractivity contribution in [3.05, 3.63) is 46.1 Å². The Morgan fingerprint density at radius 3 is 2.64 bits per heavy atom. The number of nitrogens with two attached hydrogens (primary N) is 1. The Kier molecular flexibility index (Phi) is 8.03. The van der Waals surface area contributed by atoms with Crippen molar-refractivity contribution < 1.29 is 37.5 Å². The van der Waals surface area contributed by atoms with Crippen LogP contribution in [0.25, 0.3) is 0 Å². The number of β-lactam (4-membered cyclic amide) rings is 1. The van der Waals surface area contributed by atoms with Crippen molar-refractivity contribution in [3.63, 3.8) is 0 Å². The van der Waals surface area contributed by atoms with Crippen molar-refractivity contribution in [2.45, 2.75) is 17.8 Å². The zero-order valence-corrected chi connectivity index (χ0v) is 23.3. The van der Waals surface area contributed by atoms with Gasteiger partial charge in [-0.25, -0.2) is 18.2 Å². The van der Waals surface area contributed by atoms with Crippen LogP contribution in [0.2, 0.25) is 0 Å². The molecular formula is C22H24N6O8S3. The SMILES string of the molecule is CON=C(C(=O)NC1C(=O)N2C(C(=O)O)=C(Cc3cc(NS(C)(=O)=O)cc(OC)c3)CSC12)c1csc(N)n1. The number of thioether (sulfide) groups is 1. The predicted molar refractivity (Wildman–Crippen MR) is 145 cm³/mol. The number of aliphatic carboxylic acids is 1. The number of carbonyl (C=O) groups excluding carboxylic acids is 2. The standard InChI is InChI=1S/C22H24N6O8S3/c1-35-13-6-10(5-12(7-13)27-39(3,33)34)4-11-8-37-20-16(19(30)28(20)17(11)21(31)32)25-18(29)15(26-36-2)14-9-38-22(23)24-14/h5-7,9,16,20,27H,4,8H2,1-3H3,(H2,23,24)(H,25,29)(H,31,32). The quantitative estimate of drug-likeness (QED) is 0.168. The van der Waals surface area contributed by atoms with Gasteiger partial charge in [-0.05, 0) is 29.7 Å². The summed E-state index contributed by atoms with van der Waals surface area (Å²) in [6, 6.07) is 3.71. The van der Waals surface area contributed by atoms with Crippen LogP contribution in [0.4, 0.5) is 10.8 Å². The molecule has 2 atom stereocenters. The molecule has 2 aliphatic heterocycles. The molecular weight excluding hydrogens is 572 g/mol. The fourth-order valence-corrected chi connectivity index (χ4v) is 6.56. The minimum atomic E-state index is -3.56. The number of hydrogen-bond donors (Lipinski definition) is 4. The topological polar surface area (TPSA) is 203 Å². The fourth-order valence-electron chi connectivity index (χ4n) is 4.12. The number of oxime groups is 1. The van der Waals surface area contributed by atoms with Gasteiger partial charge in [0, 0.05) is 17.2 Å². The minimum absolute atomic E-state index is 0.119. The lowest BCUT2D eigenvalue weighted by Gasteiger charge is -2.49. The number of carboxylic acids is 1. The van der Waals surface area contributed by atoms with E-state index in [1.54, 1.807) is 12.1 Å². The third-order valence-corrected chi connectivity index (χ3v) is 8.24. The van der Waals surface area contributed by atoms with Gasteiger partial charge in [0.25, 0.3) is 11.8 Å². The number of ether oxygens (including phenoxy) is 1. The first kappa shape index (κ1) is 28.2. The first-order chi connectivity index (χ1) is 18.4. The van der Waals surface area contributed by atoms with Crippen molar-refractivity contribution >= 4 is 67.4 Å². The van der Waals surface area contributed by atoms with Crippen molar-refractivity contribution in [2.75, 3.05) is 36.7 Å². The number of benzene rings is 1. The molecule has 0 bridgehead atoms. The molecule has 2 unspecified atom stereocenters. The summed E-state index contributed by atoms with van der Waals surface area (Å²) in [5.74, 6) is -2.01. The van der Waals surface area contributed by atoms with Crippen LogP contribution in [0.15, 0.2) is 40.0 Å². The number of sulfonamides is 1. The van der Waals surface area contributed by atoms with E-state index in [2.05, 4.69) is 20.2 Å². The number of amides is 2. The van der Waals surface area contributed by atoms with Crippen LogP contribution >= 0.6 is 23.1 Å². The summed E-state index contributed by atoms with van der Waals surface area (Å²) in [7, 11) is -0.886. The molecule has 39 heavy (non-hydrogen) atoms. The van der Waals surface area contributed by atoms with E-state index in [0.717, 1.165) is 22.5 Å². The zero-order valence-electron chi connectivity index (χ0n) is 20.8. The van der Waals surface area contributed by atoms with Gasteiger partial charge < -0.3 is 25.7 Å². The van der Waals surface area contributed by atoms with E-state index >= 15 is 0 Å². The molecule has 4 rings (SSSR count). The summed E-state index contributed by atoms with van der Waals surface area (Å²) in [6.07, 6.45) is 1.13. The van der Waals surface area contributed by atoms with Crippen LogP contribution in [0, 0.1) is 0 Å². The van der Waals surface area contributed by atoms with Gasteiger partial charge in [0.05, 0.1) is 19.1 Å². The van der Waals surface area contributed by atoms with Crippen LogP contribution in [-0.2, 0) is 35.7 Å². The number of thiazole rings is 1. The van der Waals surface area contributed by atoms with E-state index in [4.69, 9.17) is 15.3 Å². The molecule has 0 spiro atoms. The normalized spacial score (nSPS) is 19.2. The Labute approximate surface area is 231 Å². The number of nitrogen functional groups attached to an aromatic ring is 1. The van der Waals surface area contributed by atoms with E-state index in [1.165, 1.54) is 37.4 Å². The smallest absolute Gasteiger partial charge is 0.352 e. The van der Waals surface area contributed by atoms with E-state index in [-0.39, 0.29) is 40.1 Å². The lowest BCUT2D eigenvalue weighted by molar-refractivity contribution is -0.150. The molecule has 1 saturated heterocycles. The molecule has 17 heteroatoms. The van der Waals surface area contributed by atoms with E-state index in [9.17, 15) is 27.9 Å². The maximum atomic E-state index is 13.1. The molecule has 2 aliphatic rings. The van der Waals surface area contributed by atoms with Crippen LogP contribution in [-0.4, -0.2) is 84.5 Å². The molecule has 2 aromatic rings. The third-order valence-electron chi connectivity index (χ3n) is 5.62. The second-order valence-corrected chi connectivity index (χ2v) is 12.2. The number of carboxylic acid groups (broad SMARTS) is 1. The van der Waals surface area contributed by atoms with Crippen LogP contribution in [0.3, 0.4) is 0 Å². The van der Waals surface area contributed by atoms with Gasteiger partial charge in [-0.15, -0.1) is 23.1 Å². The number of methoxy groups -OCH3 is 1. The Hall–Kier alpha value is -3.83. The minimum Gasteiger partial charge on any atom is -0.497 e. The average molecular weight is 597 g/mol. The molecule has 0 saturated carbocycles. The highest BCUT2D eigenvalue weighted by Gasteiger charge is 2.54. The lowest BCUT2D eigenvalue weighted by atomic mass is 9.98. The number of rotatable bonds is 10. The van der Waals surface area contributed by atoms with Crippen molar-refractivity contribution in [1.82, 2.24) is 15.2 Å². The number of fused-ring (bicyclic) bond motifs is 1. The molecule has 1 aromatic heterocycles. The van der Waals surface area contributed by atoms with Crippen LogP contribution in [0.5, 0.6) is 5.75 Å². The van der Waals surface area contributed by atoms with E-state index in [0.29, 0.717) is 16.9 Å². The summed E-state index contributed by atoms with van der Waals surface area (Å²) in [6.45, 7) is 0. The Balaban J connectivity index is 1.56. The molecule has 1 aromatic carbocycles. The number of anilines is 2. The van der Waals surface area contributed by atoms with Gasteiger partial charge in [-0.1, -0.05) is 5.16 Å². The molecule has 5 N–H and O–H groups in total. The number of nitrogens with zero attached hydrogens (tertiary/aromatic N) is 3. The largest absolute Gasteiger partial charge is 0.497 e. The van der Waals surface area contributed by atoms with Gasteiger partial charge in [-0.3, -0.25) is 19.2 Å². The number of aromatic nitrogens is 1. The van der Waals surface area contributed by atoms with Crippen molar-refractivity contribution in [2.24, 2.45) is 5.16 Å². The maximum Gasteiger partial charge on any atom is 0.352 e. The highest BCUT2D eigenvalue weighted by Crippen LogP contribution is 2.41. The molecule has 0 aliphatic carbocycles. The number of carbonyl (C=O) groups is 3. The van der Waals surface area contributed by atoms with Crippen molar-refractivity contribution in [1.29, 1.82) is 0 Å². The first-order valence-electron chi connectivity index (χ1n) is 11.1. The number of hydrogen-bond acceptors (Lipinski definition) is 12. The maximum absolute atomic E-state index is 13.1. The average Bonchev–Trinajstić information content (AvgIpc) is 3.29. The molecule has 14 nitrogen and oxygen atoms in total. The van der Waals surface area contributed by atoms with Crippen LogP contribution in [0.1, 0.15) is 11.3 Å². The lowest BCUT2D eigenvalue weighted by Crippen LogP contribution is -2.71. The summed E-state index contributed by atoms with van der Waals surface area (Å²) < 4.78 is 31.0. The predicted octanol–water partition coefficient (Wildman–Crippen LogP) is 0.437. The highest BCUT2D eigenvalue weighted by molar-refractivity contribution is 8.00. The Morgan fingerprint density at radius 1 is 1.31 bits per heavy atom. The second kappa shape index (κ2) is 11.1. The summed E-state index contributed by atoms with van der Waals surface area (Å²) in [4.78, 5) is 48.1. The highest BCUT2D eigenvalue weighted by atomic mass is 32.2. The first-order valence-corrected chi connectivity index (χ1v) is 14.9. The van der Waals surface area contributed by atoms with Gasteiger partial charge >= 0.3 is 5.97 Å². The molecule has 1 fully saturated rings. The molecule has 2 amide bonds. The summed E-state index contributed by atoms with van der Waals surface area (Å²) in [5.41, 5.74) is 6.73. The van der Waals surface area contributed by atoms with Gasteiger partial charge in [-0.2, -0.15) is 0 Å². The summed E-state index contributed by atoms with van der Waals surface area (Å²) >= 11 is 2.39. The van der Waals surface area contributed by atoms with Crippen molar-refractivity contribution in [3.8, 4) is 5.75 Å². The van der Waals surface area contributed by atoms with Gasteiger partial charge in [0.15, 0.2) is 10.8 Å². The second-order valence-electron chi connectivity index (χ2n) is 8.43. The summed E-state index contributed by atoms with van der Waals surface area (Å²) in [5, 5.41) is 17.4. The van der Waals surface area contributed by atoms with Crippen LogP contribution < -0.4 is 20.5 Å². The molecule has 208 valence electrons. The zero-order chi connectivity index (χ0) is 28.5. The van der Waals surface area contributed by atoms with Gasteiger partial charge in [0.2, 0.25) is 10.0 Å². The Morgan fingerprint density at radius 2 is 2.05 bits per heavy atom. The monoisotopic (exact) mass is 596 g/mol. The van der Waals surface area contributed by atoms with E-state index in [1.807, 2.05) is 0 Å². The Bertz CT molecular complexity index is 1500. The molecule has 0 radical (unpaired) electrons. The van der Waals surface area contributed by atoms with Gasteiger partial charge in [0.1, 0.15) is 35.7 Å². The molecule has 3 heterocycles. The van der Waals surface area contributed by atoms with E-state index < -0.39 is 39.2 Å².